The molecule has 4 atom stereocenters. The molecule has 0 bridgehead atoms. The van der Waals surface area contributed by atoms with Crippen molar-refractivity contribution in [3.8, 4) is 11.3 Å². The minimum Gasteiger partial charge on any atom is -0.374 e. The molecule has 4 aromatic rings. The van der Waals surface area contributed by atoms with E-state index in [0.29, 0.717) is 24.0 Å². The second-order valence-electron chi connectivity index (χ2n) is 11.1. The van der Waals surface area contributed by atoms with E-state index >= 15 is 8.78 Å². The molecule has 216 valence electrons. The third kappa shape index (κ3) is 4.95. The Kier molecular flexibility index (Phi) is 6.78. The molecule has 2 fully saturated rings. The largest absolute Gasteiger partial charge is 0.374 e. The minimum absolute atomic E-state index is 0.00294. The Bertz CT molecular complexity index is 1710. The van der Waals surface area contributed by atoms with Gasteiger partial charge in [-0.15, -0.1) is 0 Å². The number of hydrogen-bond donors (Lipinski definition) is 2. The number of nitrogens with zero attached hydrogens (tertiary/aromatic N) is 4. The molecule has 1 saturated carbocycles. The highest BCUT2D eigenvalue weighted by Gasteiger charge is 2.42. The van der Waals surface area contributed by atoms with Crippen molar-refractivity contribution in [1.29, 1.82) is 0 Å². The molecule has 13 heteroatoms. The summed E-state index contributed by atoms with van der Waals surface area (Å²) in [5.74, 6) is -1.76. The van der Waals surface area contributed by atoms with E-state index < -0.39 is 38.4 Å². The van der Waals surface area contributed by atoms with Gasteiger partial charge < -0.3 is 15.8 Å². The molecule has 1 aromatic carbocycles. The third-order valence-electron chi connectivity index (χ3n) is 8.09. The van der Waals surface area contributed by atoms with E-state index in [9.17, 15) is 12.8 Å². The molecule has 1 aliphatic carbocycles. The normalized spacial score (nSPS) is 24.2. The van der Waals surface area contributed by atoms with Crippen LogP contribution in [0.15, 0.2) is 48.9 Å². The quantitative estimate of drug-likeness (QED) is 0.344. The Morgan fingerprint density at radius 1 is 1.12 bits per heavy atom. The average molecular weight is 587 g/mol. The van der Waals surface area contributed by atoms with Crippen molar-refractivity contribution in [1.82, 2.24) is 19.6 Å². The number of pyridine rings is 1. The third-order valence-corrected chi connectivity index (χ3v) is 9.90. The van der Waals surface area contributed by atoms with Crippen LogP contribution in [0.2, 0.25) is 0 Å². The predicted octanol–water partition coefficient (Wildman–Crippen LogP) is 4.26. The Morgan fingerprint density at radius 2 is 1.85 bits per heavy atom. The number of ether oxygens (including phenoxy) is 1. The van der Waals surface area contributed by atoms with Crippen molar-refractivity contribution in [2.75, 3.05) is 24.8 Å². The Hall–Kier alpha value is -3.55. The molecule has 2 aliphatic rings. The van der Waals surface area contributed by atoms with Gasteiger partial charge in [-0.2, -0.15) is 9.61 Å². The monoisotopic (exact) mass is 586 g/mol. The van der Waals surface area contributed by atoms with E-state index in [1.165, 1.54) is 16.8 Å². The van der Waals surface area contributed by atoms with Gasteiger partial charge in [0.05, 0.1) is 53.3 Å². The molecule has 0 spiro atoms. The zero-order valence-corrected chi connectivity index (χ0v) is 23.2. The zero-order valence-electron chi connectivity index (χ0n) is 22.4. The molecule has 1 saturated heterocycles. The first-order chi connectivity index (χ1) is 19.4. The lowest BCUT2D eigenvalue weighted by molar-refractivity contribution is -0.135. The van der Waals surface area contributed by atoms with Gasteiger partial charge in [0, 0.05) is 18.5 Å². The summed E-state index contributed by atoms with van der Waals surface area (Å²) in [5.41, 5.74) is 6.05. The molecular weight excluding hydrogens is 557 g/mol. The molecular formula is C28H29F3N6O3S. The van der Waals surface area contributed by atoms with E-state index in [1.807, 2.05) is 13.0 Å². The highest BCUT2D eigenvalue weighted by atomic mass is 32.2. The lowest BCUT2D eigenvalue weighted by atomic mass is 9.76. The number of aromatic nitrogens is 4. The van der Waals surface area contributed by atoms with Gasteiger partial charge in [-0.25, -0.2) is 26.6 Å². The summed E-state index contributed by atoms with van der Waals surface area (Å²) < 4.78 is 75.8. The van der Waals surface area contributed by atoms with Crippen molar-refractivity contribution in [2.45, 2.75) is 42.6 Å². The number of benzene rings is 1. The van der Waals surface area contributed by atoms with Crippen LogP contribution < -0.4 is 11.1 Å². The van der Waals surface area contributed by atoms with E-state index in [2.05, 4.69) is 20.4 Å². The van der Waals surface area contributed by atoms with Gasteiger partial charge in [0.15, 0.2) is 15.5 Å². The topological polar surface area (TPSA) is 124 Å². The van der Waals surface area contributed by atoms with Gasteiger partial charge in [0.1, 0.15) is 11.6 Å². The van der Waals surface area contributed by atoms with Crippen LogP contribution in [0, 0.1) is 17.6 Å². The number of nitrogens with two attached hydrogens (primary N) is 1. The predicted molar refractivity (Wildman–Crippen MR) is 147 cm³/mol. The van der Waals surface area contributed by atoms with Crippen molar-refractivity contribution in [2.24, 2.45) is 11.7 Å². The van der Waals surface area contributed by atoms with Gasteiger partial charge in [-0.05, 0) is 66.1 Å². The van der Waals surface area contributed by atoms with Crippen LogP contribution in [0.5, 0.6) is 0 Å². The van der Waals surface area contributed by atoms with Gasteiger partial charge in [0.2, 0.25) is 5.95 Å². The molecule has 1 aliphatic heterocycles. The molecule has 0 radical (unpaired) electrons. The SMILES string of the molecule is CC1CC(c2ccncc2Nc2ncc3ccc(-c4c(F)cc(C5(F)COC5)cc4F)nn23)CC(N)C1S(C)(=O)=O. The molecule has 6 rings (SSSR count). The van der Waals surface area contributed by atoms with Crippen molar-refractivity contribution in [3.05, 3.63) is 71.7 Å². The fraction of sp³-hybridized carbons (Fsp3) is 0.393. The standard InChI is InChI=1S/C28H29F3N6O3S/c1-15-7-16(8-22(32)26(15)41(2,38)39)19-5-6-33-12-24(19)35-27-34-11-18-3-4-23(36-37(18)27)25-20(29)9-17(10-21(25)30)28(31)13-40-14-28/h3-6,9-12,15-16,22,26H,7-8,13-14,32H2,1-2H3,(H,34,35). The van der Waals surface area contributed by atoms with Crippen LogP contribution in [-0.2, 0) is 20.2 Å². The minimum atomic E-state index is -3.30. The number of imidazole rings is 1. The molecule has 0 amide bonds. The molecule has 9 nitrogen and oxygen atoms in total. The molecule has 3 aromatic heterocycles. The summed E-state index contributed by atoms with van der Waals surface area (Å²) in [6.45, 7) is 1.40. The lowest BCUT2D eigenvalue weighted by Crippen LogP contribution is -2.48. The van der Waals surface area contributed by atoms with Crippen LogP contribution in [0.1, 0.15) is 36.8 Å². The number of anilines is 2. The first-order valence-electron chi connectivity index (χ1n) is 13.2. The summed E-state index contributed by atoms with van der Waals surface area (Å²) in [7, 11) is -3.30. The van der Waals surface area contributed by atoms with E-state index in [4.69, 9.17) is 10.5 Å². The summed E-state index contributed by atoms with van der Waals surface area (Å²) in [6.07, 6.45) is 7.18. The van der Waals surface area contributed by atoms with E-state index in [1.54, 1.807) is 24.7 Å². The van der Waals surface area contributed by atoms with Crippen molar-refractivity contribution >= 4 is 27.0 Å². The number of sulfone groups is 1. The molecule has 4 heterocycles. The number of alkyl halides is 1. The summed E-state index contributed by atoms with van der Waals surface area (Å²) in [6, 6.07) is 6.40. The number of halogens is 3. The maximum Gasteiger partial charge on any atom is 0.229 e. The average Bonchev–Trinajstić information content (AvgIpc) is 3.28. The Balaban J connectivity index is 1.32. The first kappa shape index (κ1) is 27.6. The maximum absolute atomic E-state index is 15.1. The summed E-state index contributed by atoms with van der Waals surface area (Å²) >= 11 is 0. The van der Waals surface area contributed by atoms with Gasteiger partial charge in [-0.3, -0.25) is 4.98 Å². The molecule has 41 heavy (non-hydrogen) atoms. The smallest absolute Gasteiger partial charge is 0.229 e. The van der Waals surface area contributed by atoms with Crippen LogP contribution in [-0.4, -0.2) is 58.8 Å². The second kappa shape index (κ2) is 10.1. The Labute approximate surface area is 234 Å². The zero-order chi connectivity index (χ0) is 29.1. The highest BCUT2D eigenvalue weighted by molar-refractivity contribution is 7.91. The van der Waals surface area contributed by atoms with Crippen molar-refractivity contribution in [3.63, 3.8) is 0 Å². The fourth-order valence-corrected chi connectivity index (χ4v) is 7.87. The Morgan fingerprint density at radius 3 is 2.49 bits per heavy atom. The molecule has 3 N–H and O–H groups in total. The number of hydrogen-bond acceptors (Lipinski definition) is 8. The fourth-order valence-electron chi connectivity index (χ4n) is 6.17. The maximum atomic E-state index is 15.1. The van der Waals surface area contributed by atoms with Crippen LogP contribution in [0.4, 0.5) is 24.8 Å². The second-order valence-corrected chi connectivity index (χ2v) is 13.3. The van der Waals surface area contributed by atoms with Crippen LogP contribution >= 0.6 is 0 Å². The van der Waals surface area contributed by atoms with Gasteiger partial charge in [0.25, 0.3) is 0 Å². The number of fused-ring (bicyclic) bond motifs is 1. The van der Waals surface area contributed by atoms with E-state index in [0.717, 1.165) is 17.7 Å². The first-order valence-corrected chi connectivity index (χ1v) is 15.2. The molecule has 4 unspecified atom stereocenters. The highest BCUT2D eigenvalue weighted by Crippen LogP contribution is 2.41. The lowest BCUT2D eigenvalue weighted by Gasteiger charge is -2.38. The van der Waals surface area contributed by atoms with Gasteiger partial charge in [-0.1, -0.05) is 6.92 Å². The van der Waals surface area contributed by atoms with Crippen LogP contribution in [0.25, 0.3) is 16.8 Å². The number of rotatable bonds is 6. The van der Waals surface area contributed by atoms with Crippen LogP contribution in [0.3, 0.4) is 0 Å². The van der Waals surface area contributed by atoms with E-state index in [-0.39, 0.29) is 47.8 Å². The van der Waals surface area contributed by atoms with Gasteiger partial charge >= 0.3 is 0 Å². The summed E-state index contributed by atoms with van der Waals surface area (Å²) in [4.78, 5) is 8.64. The summed E-state index contributed by atoms with van der Waals surface area (Å²) in [5, 5.41) is 7.06. The van der Waals surface area contributed by atoms with Crippen molar-refractivity contribution < 1.29 is 26.3 Å². The number of nitrogens with one attached hydrogen (secondary N) is 1.